The maximum absolute atomic E-state index is 11.6. The van der Waals surface area contributed by atoms with E-state index < -0.39 is 5.91 Å². The number of hydrogen-bond donors (Lipinski definition) is 1. The van der Waals surface area contributed by atoms with Crippen molar-refractivity contribution in [2.75, 3.05) is 19.0 Å². The quantitative estimate of drug-likeness (QED) is 0.735. The maximum atomic E-state index is 11.6. The van der Waals surface area contributed by atoms with Gasteiger partial charge in [0.15, 0.2) is 0 Å². The molecule has 0 aromatic rings. The number of alkyl halides is 1. The van der Waals surface area contributed by atoms with Crippen molar-refractivity contribution in [2.24, 2.45) is 5.92 Å². The van der Waals surface area contributed by atoms with Crippen LogP contribution in [-0.4, -0.2) is 35.8 Å². The van der Waals surface area contributed by atoms with Gasteiger partial charge in [-0.3, -0.25) is 10.1 Å². The van der Waals surface area contributed by atoms with Gasteiger partial charge in [-0.1, -0.05) is 13.3 Å². The third kappa shape index (κ3) is 3.70. The van der Waals surface area contributed by atoms with Gasteiger partial charge in [-0.25, -0.2) is 4.79 Å². The fraction of sp³-hybridized carbons (Fsp3) is 0.800. The molecule has 1 heterocycles. The van der Waals surface area contributed by atoms with E-state index in [2.05, 4.69) is 12.2 Å². The molecule has 1 aliphatic heterocycles. The number of halogens is 1. The SMILES string of the molecule is CCC1CCCN(C(=O)NC(=O)CCl)C1. The average molecular weight is 233 g/mol. The Bertz CT molecular complexity index is 246. The van der Waals surface area contributed by atoms with Crippen LogP contribution in [0.15, 0.2) is 0 Å². The predicted molar refractivity (Wildman–Crippen MR) is 58.8 cm³/mol. The monoisotopic (exact) mass is 232 g/mol. The molecule has 1 N–H and O–H groups in total. The van der Waals surface area contributed by atoms with Crippen molar-refractivity contribution in [3.05, 3.63) is 0 Å². The van der Waals surface area contributed by atoms with Crippen LogP contribution in [0.5, 0.6) is 0 Å². The molecule has 1 fully saturated rings. The molecule has 3 amide bonds. The molecule has 4 nitrogen and oxygen atoms in total. The molecule has 0 bridgehead atoms. The summed E-state index contributed by atoms with van der Waals surface area (Å²) >= 11 is 5.31. The third-order valence-corrected chi connectivity index (χ3v) is 2.99. The first-order chi connectivity index (χ1) is 7.17. The molecule has 0 spiro atoms. The normalized spacial score (nSPS) is 21.2. The molecule has 0 saturated carbocycles. The molecule has 1 atom stereocenters. The summed E-state index contributed by atoms with van der Waals surface area (Å²) in [6.45, 7) is 3.60. The van der Waals surface area contributed by atoms with Gasteiger partial charge in [0, 0.05) is 13.1 Å². The molecule has 86 valence electrons. The first-order valence-corrected chi connectivity index (χ1v) is 5.85. The van der Waals surface area contributed by atoms with E-state index in [9.17, 15) is 9.59 Å². The number of urea groups is 1. The van der Waals surface area contributed by atoms with Gasteiger partial charge >= 0.3 is 6.03 Å². The largest absolute Gasteiger partial charge is 0.324 e. The van der Waals surface area contributed by atoms with Crippen LogP contribution in [0, 0.1) is 5.92 Å². The van der Waals surface area contributed by atoms with Gasteiger partial charge in [0.2, 0.25) is 5.91 Å². The van der Waals surface area contributed by atoms with Crippen LogP contribution in [-0.2, 0) is 4.79 Å². The predicted octanol–water partition coefficient (Wildman–Crippen LogP) is 1.58. The van der Waals surface area contributed by atoms with Crippen molar-refractivity contribution in [1.82, 2.24) is 10.2 Å². The van der Waals surface area contributed by atoms with Crippen molar-refractivity contribution >= 4 is 23.5 Å². The molecule has 1 saturated heterocycles. The number of imide groups is 1. The maximum Gasteiger partial charge on any atom is 0.324 e. The van der Waals surface area contributed by atoms with Crippen LogP contribution in [0.2, 0.25) is 0 Å². The number of likely N-dealkylation sites (tertiary alicyclic amines) is 1. The van der Waals surface area contributed by atoms with Gasteiger partial charge in [-0.15, -0.1) is 11.6 Å². The molecule has 0 radical (unpaired) electrons. The van der Waals surface area contributed by atoms with E-state index in [1.807, 2.05) is 0 Å². The highest BCUT2D eigenvalue weighted by Crippen LogP contribution is 2.18. The van der Waals surface area contributed by atoms with Crippen molar-refractivity contribution in [1.29, 1.82) is 0 Å². The van der Waals surface area contributed by atoms with E-state index in [4.69, 9.17) is 11.6 Å². The second-order valence-electron chi connectivity index (χ2n) is 3.85. The summed E-state index contributed by atoms with van der Waals surface area (Å²) < 4.78 is 0. The number of carbonyl (C=O) groups is 2. The number of amides is 3. The van der Waals surface area contributed by atoms with Crippen molar-refractivity contribution in [3.63, 3.8) is 0 Å². The molecule has 1 unspecified atom stereocenters. The van der Waals surface area contributed by atoms with Crippen LogP contribution in [0.3, 0.4) is 0 Å². The molecule has 0 aliphatic carbocycles. The minimum Gasteiger partial charge on any atom is -0.324 e. The Labute approximate surface area is 95.0 Å². The number of nitrogens with one attached hydrogen (secondary N) is 1. The van der Waals surface area contributed by atoms with E-state index in [1.54, 1.807) is 4.90 Å². The number of piperidine rings is 1. The van der Waals surface area contributed by atoms with Crippen molar-refractivity contribution in [3.8, 4) is 0 Å². The lowest BCUT2D eigenvalue weighted by Crippen LogP contribution is -2.47. The summed E-state index contributed by atoms with van der Waals surface area (Å²) in [5, 5.41) is 2.26. The second-order valence-corrected chi connectivity index (χ2v) is 4.12. The summed E-state index contributed by atoms with van der Waals surface area (Å²) in [7, 11) is 0. The highest BCUT2D eigenvalue weighted by Gasteiger charge is 2.23. The molecule has 1 rings (SSSR count). The van der Waals surface area contributed by atoms with Crippen LogP contribution in [0.1, 0.15) is 26.2 Å². The second kappa shape index (κ2) is 5.95. The fourth-order valence-electron chi connectivity index (χ4n) is 1.81. The summed E-state index contributed by atoms with van der Waals surface area (Å²) in [5.41, 5.74) is 0. The van der Waals surface area contributed by atoms with Gasteiger partial charge < -0.3 is 4.90 Å². The standard InChI is InChI=1S/C10H17ClN2O2/c1-2-8-4-3-5-13(7-8)10(15)12-9(14)6-11/h8H,2-7H2,1H3,(H,12,14,15). The van der Waals surface area contributed by atoms with Crippen LogP contribution >= 0.6 is 11.6 Å². The summed E-state index contributed by atoms with van der Waals surface area (Å²) in [4.78, 5) is 24.2. The fourth-order valence-corrected chi connectivity index (χ4v) is 1.88. The van der Waals surface area contributed by atoms with E-state index >= 15 is 0 Å². The van der Waals surface area contributed by atoms with Crippen molar-refractivity contribution in [2.45, 2.75) is 26.2 Å². The van der Waals surface area contributed by atoms with Crippen molar-refractivity contribution < 1.29 is 9.59 Å². The first kappa shape index (κ1) is 12.3. The third-order valence-electron chi connectivity index (χ3n) is 2.75. The minimum absolute atomic E-state index is 0.170. The molecular weight excluding hydrogens is 216 g/mol. The summed E-state index contributed by atoms with van der Waals surface area (Å²) in [6, 6.07) is -0.307. The zero-order chi connectivity index (χ0) is 11.3. The van der Waals surface area contributed by atoms with E-state index in [-0.39, 0.29) is 11.9 Å². The van der Waals surface area contributed by atoms with Crippen LogP contribution in [0.4, 0.5) is 4.79 Å². The summed E-state index contributed by atoms with van der Waals surface area (Å²) in [6.07, 6.45) is 3.26. The lowest BCUT2D eigenvalue weighted by molar-refractivity contribution is -0.117. The first-order valence-electron chi connectivity index (χ1n) is 5.32. The Kier molecular flexibility index (Phi) is 4.88. The Hall–Kier alpha value is -0.770. The van der Waals surface area contributed by atoms with Gasteiger partial charge in [0.25, 0.3) is 0 Å². The van der Waals surface area contributed by atoms with Gasteiger partial charge in [-0.2, -0.15) is 0 Å². The van der Waals surface area contributed by atoms with Crippen LogP contribution in [0.25, 0.3) is 0 Å². The number of carbonyl (C=O) groups excluding carboxylic acids is 2. The highest BCUT2D eigenvalue weighted by molar-refractivity contribution is 6.28. The molecule has 5 heteroatoms. The zero-order valence-electron chi connectivity index (χ0n) is 8.96. The summed E-state index contributed by atoms with van der Waals surface area (Å²) in [5.74, 6) is -0.0348. The van der Waals surface area contributed by atoms with Gasteiger partial charge in [-0.05, 0) is 18.8 Å². The Morgan fingerprint density at radius 3 is 2.87 bits per heavy atom. The average Bonchev–Trinajstić information content (AvgIpc) is 2.28. The zero-order valence-corrected chi connectivity index (χ0v) is 9.72. The molecule has 0 aromatic heterocycles. The Balaban J connectivity index is 2.41. The number of rotatable bonds is 2. The van der Waals surface area contributed by atoms with E-state index in [1.165, 1.54) is 6.42 Å². The van der Waals surface area contributed by atoms with Crippen LogP contribution < -0.4 is 5.32 Å². The van der Waals surface area contributed by atoms with Gasteiger partial charge in [0.1, 0.15) is 5.88 Å². The Morgan fingerprint density at radius 1 is 1.53 bits per heavy atom. The molecule has 15 heavy (non-hydrogen) atoms. The highest BCUT2D eigenvalue weighted by atomic mass is 35.5. The van der Waals surface area contributed by atoms with E-state index in [0.29, 0.717) is 5.92 Å². The topological polar surface area (TPSA) is 49.4 Å². The lowest BCUT2D eigenvalue weighted by Gasteiger charge is -2.31. The minimum atomic E-state index is -0.430. The Morgan fingerprint density at radius 2 is 2.27 bits per heavy atom. The number of nitrogens with zero attached hydrogens (tertiary/aromatic N) is 1. The molecular formula is C10H17ClN2O2. The smallest absolute Gasteiger partial charge is 0.324 e. The lowest BCUT2D eigenvalue weighted by atomic mass is 9.96. The van der Waals surface area contributed by atoms with Gasteiger partial charge in [0.05, 0.1) is 0 Å². The molecule has 1 aliphatic rings. The van der Waals surface area contributed by atoms with E-state index in [0.717, 1.165) is 25.9 Å². The number of hydrogen-bond acceptors (Lipinski definition) is 2. The molecule has 0 aromatic carbocycles.